The number of carbonyl (C=O) groups is 1. The van der Waals surface area contributed by atoms with Gasteiger partial charge in [-0.15, -0.1) is 0 Å². The lowest BCUT2D eigenvalue weighted by Crippen LogP contribution is -2.53. The normalized spacial score (nSPS) is 27.3. The second-order valence-electron chi connectivity index (χ2n) is 5.78. The van der Waals surface area contributed by atoms with Gasteiger partial charge < -0.3 is 10.6 Å². The second kappa shape index (κ2) is 5.36. The first kappa shape index (κ1) is 12.8. The fraction of sp³-hybridized carbons (Fsp3) is 0.923. The Morgan fingerprint density at radius 1 is 1.35 bits per heavy atom. The Bertz CT molecular complexity index is 280. The minimum absolute atomic E-state index is 0.00380. The third-order valence-electron chi connectivity index (χ3n) is 4.21. The first-order valence-corrected chi connectivity index (χ1v) is 6.85. The van der Waals surface area contributed by atoms with Crippen molar-refractivity contribution in [1.82, 2.24) is 9.80 Å². The number of piperazine rings is 1. The molecule has 0 bridgehead atoms. The van der Waals surface area contributed by atoms with E-state index in [-0.39, 0.29) is 11.9 Å². The summed E-state index contributed by atoms with van der Waals surface area (Å²) in [5.41, 5.74) is 5.97. The van der Waals surface area contributed by atoms with Gasteiger partial charge in [0.1, 0.15) is 0 Å². The molecule has 0 radical (unpaired) electrons. The summed E-state index contributed by atoms with van der Waals surface area (Å²) in [6, 6.07) is 0.618. The molecule has 2 heterocycles. The molecule has 2 rings (SSSR count). The number of nitrogens with two attached hydrogens (primary N) is 1. The van der Waals surface area contributed by atoms with Crippen molar-refractivity contribution in [2.75, 3.05) is 26.2 Å². The smallest absolute Gasteiger partial charge is 0.224 e. The molecule has 0 saturated carbocycles. The van der Waals surface area contributed by atoms with Crippen LogP contribution in [0.25, 0.3) is 0 Å². The number of fused-ring (bicyclic) bond motifs is 1. The monoisotopic (exact) mass is 239 g/mol. The number of nitrogens with zero attached hydrogens (tertiary/aromatic N) is 2. The van der Waals surface area contributed by atoms with E-state index in [2.05, 4.69) is 18.7 Å². The predicted molar refractivity (Wildman–Crippen MR) is 68.6 cm³/mol. The van der Waals surface area contributed by atoms with Crippen LogP contribution in [0.5, 0.6) is 0 Å². The minimum Gasteiger partial charge on any atom is -0.340 e. The zero-order valence-electron chi connectivity index (χ0n) is 11.1. The molecule has 98 valence electrons. The van der Waals surface area contributed by atoms with E-state index in [0.29, 0.717) is 18.4 Å². The first-order chi connectivity index (χ1) is 8.08. The van der Waals surface area contributed by atoms with E-state index in [4.69, 9.17) is 5.73 Å². The van der Waals surface area contributed by atoms with Crippen LogP contribution >= 0.6 is 0 Å². The summed E-state index contributed by atoms with van der Waals surface area (Å²) in [5, 5.41) is 0. The Balaban J connectivity index is 1.84. The third-order valence-corrected chi connectivity index (χ3v) is 4.21. The van der Waals surface area contributed by atoms with E-state index < -0.39 is 0 Å². The molecule has 0 aromatic heterocycles. The van der Waals surface area contributed by atoms with E-state index in [0.717, 1.165) is 19.6 Å². The van der Waals surface area contributed by atoms with Crippen LogP contribution in [0.15, 0.2) is 0 Å². The highest BCUT2D eigenvalue weighted by Crippen LogP contribution is 2.22. The predicted octanol–water partition coefficient (Wildman–Crippen LogP) is 0.666. The maximum Gasteiger partial charge on any atom is 0.224 e. The number of carbonyl (C=O) groups excluding carboxylic acids is 1. The summed E-state index contributed by atoms with van der Waals surface area (Å²) in [5.74, 6) is 0.629. The number of amides is 1. The molecule has 2 fully saturated rings. The van der Waals surface area contributed by atoms with Gasteiger partial charge in [0.25, 0.3) is 0 Å². The summed E-state index contributed by atoms with van der Waals surface area (Å²) in [6.45, 7) is 8.23. The fourth-order valence-electron chi connectivity index (χ4n) is 2.78. The third kappa shape index (κ3) is 2.99. The lowest BCUT2D eigenvalue weighted by molar-refractivity contribution is -0.134. The van der Waals surface area contributed by atoms with Crippen LogP contribution in [0.1, 0.15) is 33.1 Å². The first-order valence-electron chi connectivity index (χ1n) is 6.85. The van der Waals surface area contributed by atoms with Gasteiger partial charge in [0.15, 0.2) is 0 Å². The Hall–Kier alpha value is -0.610. The van der Waals surface area contributed by atoms with Gasteiger partial charge in [0, 0.05) is 38.1 Å². The van der Waals surface area contributed by atoms with Gasteiger partial charge in [-0.05, 0) is 25.3 Å². The van der Waals surface area contributed by atoms with Crippen molar-refractivity contribution in [3.8, 4) is 0 Å². The molecular weight excluding hydrogens is 214 g/mol. The Kier molecular flexibility index (Phi) is 4.05. The van der Waals surface area contributed by atoms with Gasteiger partial charge >= 0.3 is 0 Å². The average Bonchev–Trinajstić information content (AvgIpc) is 2.75. The molecule has 2 unspecified atom stereocenters. The molecule has 0 aliphatic carbocycles. The molecule has 0 aromatic carbocycles. The van der Waals surface area contributed by atoms with Crippen LogP contribution in [-0.2, 0) is 4.79 Å². The van der Waals surface area contributed by atoms with Gasteiger partial charge in [0.05, 0.1) is 0 Å². The molecule has 2 atom stereocenters. The van der Waals surface area contributed by atoms with Crippen LogP contribution in [0.3, 0.4) is 0 Å². The van der Waals surface area contributed by atoms with Gasteiger partial charge in [0.2, 0.25) is 5.91 Å². The van der Waals surface area contributed by atoms with Gasteiger partial charge in [-0.25, -0.2) is 0 Å². The molecule has 17 heavy (non-hydrogen) atoms. The Morgan fingerprint density at radius 2 is 2.12 bits per heavy atom. The van der Waals surface area contributed by atoms with E-state index in [1.54, 1.807) is 0 Å². The lowest BCUT2D eigenvalue weighted by atomic mass is 10.0. The van der Waals surface area contributed by atoms with Crippen molar-refractivity contribution >= 4 is 5.91 Å². The van der Waals surface area contributed by atoms with Gasteiger partial charge in [-0.1, -0.05) is 13.8 Å². The van der Waals surface area contributed by atoms with Crippen molar-refractivity contribution in [3.05, 3.63) is 0 Å². The molecule has 0 aromatic rings. The largest absolute Gasteiger partial charge is 0.340 e. The molecule has 2 aliphatic rings. The number of rotatable bonds is 3. The molecule has 2 saturated heterocycles. The molecular formula is C13H25N3O. The molecule has 2 aliphatic heterocycles. The van der Waals surface area contributed by atoms with Crippen molar-refractivity contribution in [3.63, 3.8) is 0 Å². The highest BCUT2D eigenvalue weighted by molar-refractivity contribution is 5.77. The highest BCUT2D eigenvalue weighted by Gasteiger charge is 2.32. The quantitative estimate of drug-likeness (QED) is 0.787. The van der Waals surface area contributed by atoms with E-state index in [1.807, 2.05) is 4.90 Å². The maximum absolute atomic E-state index is 12.1. The van der Waals surface area contributed by atoms with Crippen molar-refractivity contribution < 1.29 is 4.79 Å². The van der Waals surface area contributed by atoms with Crippen molar-refractivity contribution in [2.45, 2.75) is 45.2 Å². The highest BCUT2D eigenvalue weighted by atomic mass is 16.2. The van der Waals surface area contributed by atoms with E-state index >= 15 is 0 Å². The molecule has 1 amide bonds. The van der Waals surface area contributed by atoms with Crippen molar-refractivity contribution in [1.29, 1.82) is 0 Å². The summed E-state index contributed by atoms with van der Waals surface area (Å²) in [7, 11) is 0. The SMILES string of the molecule is CC(C)C(N)CC(=O)N1CCN2CCCC2C1. The molecule has 0 spiro atoms. The standard InChI is InChI=1S/C13H25N3O/c1-10(2)12(14)8-13(17)16-7-6-15-5-3-4-11(15)9-16/h10-12H,3-9,14H2,1-2H3. The summed E-state index contributed by atoms with van der Waals surface area (Å²) >= 11 is 0. The van der Waals surface area contributed by atoms with Crippen LogP contribution in [0.4, 0.5) is 0 Å². The summed E-state index contributed by atoms with van der Waals surface area (Å²) < 4.78 is 0. The zero-order chi connectivity index (χ0) is 12.4. The van der Waals surface area contributed by atoms with Gasteiger partial charge in [-0.2, -0.15) is 0 Å². The van der Waals surface area contributed by atoms with Crippen LogP contribution in [-0.4, -0.2) is 54.0 Å². The lowest BCUT2D eigenvalue weighted by Gasteiger charge is -2.38. The van der Waals surface area contributed by atoms with Crippen LogP contribution < -0.4 is 5.73 Å². The van der Waals surface area contributed by atoms with Gasteiger partial charge in [-0.3, -0.25) is 9.69 Å². The maximum atomic E-state index is 12.1. The second-order valence-corrected chi connectivity index (χ2v) is 5.78. The number of hydrogen-bond donors (Lipinski definition) is 1. The molecule has 4 nitrogen and oxygen atoms in total. The summed E-state index contributed by atoms with van der Waals surface area (Å²) in [6.07, 6.45) is 3.04. The Labute approximate surface area is 104 Å². The topological polar surface area (TPSA) is 49.6 Å². The zero-order valence-corrected chi connectivity index (χ0v) is 11.1. The van der Waals surface area contributed by atoms with E-state index in [1.165, 1.54) is 19.4 Å². The van der Waals surface area contributed by atoms with Crippen LogP contribution in [0.2, 0.25) is 0 Å². The minimum atomic E-state index is 0.00380. The van der Waals surface area contributed by atoms with Crippen LogP contribution in [0, 0.1) is 5.92 Å². The molecule has 4 heteroatoms. The van der Waals surface area contributed by atoms with Crippen molar-refractivity contribution in [2.24, 2.45) is 11.7 Å². The van der Waals surface area contributed by atoms with E-state index in [9.17, 15) is 4.79 Å². The average molecular weight is 239 g/mol. The molecule has 2 N–H and O–H groups in total. The Morgan fingerprint density at radius 3 is 2.82 bits per heavy atom. The number of hydrogen-bond acceptors (Lipinski definition) is 3. The summed E-state index contributed by atoms with van der Waals surface area (Å²) in [4.78, 5) is 16.7. The fourth-order valence-corrected chi connectivity index (χ4v) is 2.78.